The first-order chi connectivity index (χ1) is 12.5. The lowest BCUT2D eigenvalue weighted by atomic mass is 9.77. The van der Waals surface area contributed by atoms with Crippen LogP contribution in [-0.2, 0) is 14.8 Å². The van der Waals surface area contributed by atoms with Gasteiger partial charge in [0.2, 0.25) is 10.0 Å². The Morgan fingerprint density at radius 2 is 1.88 bits per heavy atom. The van der Waals surface area contributed by atoms with E-state index in [0.717, 1.165) is 51.9 Å². The highest BCUT2D eigenvalue weighted by Gasteiger charge is 2.44. The molecule has 7 heteroatoms. The molecule has 3 aliphatic heterocycles. The third-order valence-electron chi connectivity index (χ3n) is 6.16. The molecular formula is C19H28N2O4S. The van der Waals surface area contributed by atoms with Crippen LogP contribution in [0.15, 0.2) is 35.2 Å². The number of aliphatic hydroxyl groups excluding tert-OH is 1. The lowest BCUT2D eigenvalue weighted by Crippen LogP contribution is -2.43. The highest BCUT2D eigenvalue weighted by Crippen LogP contribution is 2.43. The molecule has 26 heavy (non-hydrogen) atoms. The average molecular weight is 381 g/mol. The largest absolute Gasteiger partial charge is 0.392 e. The molecule has 0 aromatic heterocycles. The lowest BCUT2D eigenvalue weighted by Gasteiger charge is -2.37. The number of aliphatic hydroxyl groups is 1. The quantitative estimate of drug-likeness (QED) is 0.853. The fourth-order valence-corrected chi connectivity index (χ4v) is 6.03. The Morgan fingerprint density at radius 1 is 1.15 bits per heavy atom. The van der Waals surface area contributed by atoms with Crippen molar-refractivity contribution < 1.29 is 18.3 Å². The van der Waals surface area contributed by atoms with Crippen LogP contribution in [0.3, 0.4) is 0 Å². The zero-order chi connectivity index (χ0) is 18.2. The zero-order valence-electron chi connectivity index (χ0n) is 15.1. The Bertz CT molecular complexity index is 716. The number of hydrogen-bond donors (Lipinski definition) is 1. The number of sulfonamides is 1. The minimum atomic E-state index is -3.39. The van der Waals surface area contributed by atoms with E-state index in [9.17, 15) is 13.5 Å². The topological polar surface area (TPSA) is 70.1 Å². The third-order valence-corrected chi connectivity index (χ3v) is 8.07. The van der Waals surface area contributed by atoms with Crippen LogP contribution in [-0.4, -0.2) is 74.3 Å². The van der Waals surface area contributed by atoms with E-state index in [1.165, 1.54) is 0 Å². The molecule has 144 valence electrons. The molecule has 3 aliphatic rings. The minimum absolute atomic E-state index is 0.117. The maximum absolute atomic E-state index is 12.8. The Morgan fingerprint density at radius 3 is 2.54 bits per heavy atom. The van der Waals surface area contributed by atoms with Crippen molar-refractivity contribution in [3.63, 3.8) is 0 Å². The number of piperidine rings is 1. The second-order valence-electron chi connectivity index (χ2n) is 8.06. The molecule has 0 aliphatic carbocycles. The highest BCUT2D eigenvalue weighted by molar-refractivity contribution is 7.89. The highest BCUT2D eigenvalue weighted by atomic mass is 32.2. The van der Waals surface area contributed by atoms with Gasteiger partial charge in [-0.15, -0.1) is 0 Å². The summed E-state index contributed by atoms with van der Waals surface area (Å²) in [4.78, 5) is 2.66. The number of benzene rings is 1. The Hall–Kier alpha value is -0.990. The van der Waals surface area contributed by atoms with Crippen molar-refractivity contribution in [3.8, 4) is 0 Å². The number of rotatable bonds is 4. The monoisotopic (exact) mass is 380 g/mol. The molecule has 0 saturated carbocycles. The van der Waals surface area contributed by atoms with E-state index in [1.54, 1.807) is 28.6 Å². The fourth-order valence-electron chi connectivity index (χ4n) is 4.57. The van der Waals surface area contributed by atoms with Gasteiger partial charge in [-0.05, 0) is 43.2 Å². The predicted molar refractivity (Wildman–Crippen MR) is 98.3 cm³/mol. The van der Waals surface area contributed by atoms with E-state index < -0.39 is 10.0 Å². The first-order valence-corrected chi connectivity index (χ1v) is 11.0. The van der Waals surface area contributed by atoms with E-state index >= 15 is 0 Å². The Kier molecular flexibility index (Phi) is 5.09. The molecule has 0 bridgehead atoms. The molecule has 0 unspecified atom stereocenters. The summed E-state index contributed by atoms with van der Waals surface area (Å²) in [6, 6.07) is 8.70. The summed E-state index contributed by atoms with van der Waals surface area (Å²) in [7, 11) is -3.39. The van der Waals surface area contributed by atoms with Gasteiger partial charge in [0.1, 0.15) is 0 Å². The summed E-state index contributed by atoms with van der Waals surface area (Å²) in [6.45, 7) is 4.43. The van der Waals surface area contributed by atoms with Gasteiger partial charge in [0.05, 0.1) is 23.7 Å². The summed E-state index contributed by atoms with van der Waals surface area (Å²) in [5, 5.41) is 9.67. The Balaban J connectivity index is 1.34. The van der Waals surface area contributed by atoms with Crippen molar-refractivity contribution >= 4 is 10.0 Å². The third kappa shape index (κ3) is 3.68. The molecule has 6 nitrogen and oxygen atoms in total. The molecule has 3 fully saturated rings. The number of nitrogens with zero attached hydrogens (tertiary/aromatic N) is 2. The van der Waals surface area contributed by atoms with Gasteiger partial charge in [0.15, 0.2) is 0 Å². The molecule has 1 spiro atoms. The van der Waals surface area contributed by atoms with Crippen LogP contribution in [0.25, 0.3) is 0 Å². The first kappa shape index (κ1) is 18.4. The summed E-state index contributed by atoms with van der Waals surface area (Å²) in [5.74, 6) is 0. The maximum Gasteiger partial charge on any atom is 0.243 e. The Labute approximate surface area is 155 Å². The minimum Gasteiger partial charge on any atom is -0.392 e. The van der Waals surface area contributed by atoms with Crippen LogP contribution in [0.1, 0.15) is 25.7 Å². The molecular weight excluding hydrogens is 352 g/mol. The van der Waals surface area contributed by atoms with Gasteiger partial charge < -0.3 is 9.84 Å². The smallest absolute Gasteiger partial charge is 0.243 e. The van der Waals surface area contributed by atoms with Crippen molar-refractivity contribution in [3.05, 3.63) is 30.3 Å². The molecule has 2 atom stereocenters. The van der Waals surface area contributed by atoms with Crippen molar-refractivity contribution in [2.75, 3.05) is 39.3 Å². The second kappa shape index (κ2) is 7.20. The number of ether oxygens (including phenoxy) is 1. The van der Waals surface area contributed by atoms with Gasteiger partial charge in [0, 0.05) is 32.7 Å². The number of hydrogen-bond acceptors (Lipinski definition) is 5. The SMILES string of the molecule is O=S(=O)(c1ccccc1)N1CCC2(CC1)CO[C@H](CN1CC[C@@H](O)C1)C2. The van der Waals surface area contributed by atoms with Gasteiger partial charge in [-0.2, -0.15) is 4.31 Å². The molecule has 3 saturated heterocycles. The fraction of sp³-hybridized carbons (Fsp3) is 0.684. The van der Waals surface area contributed by atoms with Crippen molar-refractivity contribution in [2.24, 2.45) is 5.41 Å². The van der Waals surface area contributed by atoms with Gasteiger partial charge in [-0.25, -0.2) is 8.42 Å². The van der Waals surface area contributed by atoms with E-state index in [4.69, 9.17) is 4.74 Å². The van der Waals surface area contributed by atoms with E-state index in [0.29, 0.717) is 18.0 Å². The summed E-state index contributed by atoms with van der Waals surface area (Å²) < 4.78 is 33.2. The van der Waals surface area contributed by atoms with Gasteiger partial charge >= 0.3 is 0 Å². The van der Waals surface area contributed by atoms with Crippen LogP contribution in [0.2, 0.25) is 0 Å². The van der Waals surface area contributed by atoms with Crippen LogP contribution < -0.4 is 0 Å². The molecule has 3 heterocycles. The van der Waals surface area contributed by atoms with Crippen LogP contribution in [0.5, 0.6) is 0 Å². The van der Waals surface area contributed by atoms with Crippen molar-refractivity contribution in [2.45, 2.75) is 42.8 Å². The number of β-amino-alcohol motifs (C(OH)–C–C–N with tert-alkyl or cyclic N) is 1. The number of likely N-dealkylation sites (tertiary alicyclic amines) is 1. The molecule has 4 rings (SSSR count). The summed E-state index contributed by atoms with van der Waals surface area (Å²) >= 11 is 0. The van der Waals surface area contributed by atoms with E-state index in [-0.39, 0.29) is 17.6 Å². The van der Waals surface area contributed by atoms with Crippen molar-refractivity contribution in [1.29, 1.82) is 0 Å². The second-order valence-corrected chi connectivity index (χ2v) is 9.99. The van der Waals surface area contributed by atoms with Crippen LogP contribution in [0, 0.1) is 5.41 Å². The molecule has 1 aromatic carbocycles. The van der Waals surface area contributed by atoms with E-state index in [2.05, 4.69) is 4.90 Å². The van der Waals surface area contributed by atoms with Crippen molar-refractivity contribution in [1.82, 2.24) is 9.21 Å². The maximum atomic E-state index is 12.8. The van der Waals surface area contributed by atoms with Gasteiger partial charge in [0.25, 0.3) is 0 Å². The molecule has 1 N–H and O–H groups in total. The average Bonchev–Trinajstić information content (AvgIpc) is 3.23. The zero-order valence-corrected chi connectivity index (χ0v) is 15.9. The lowest BCUT2D eigenvalue weighted by molar-refractivity contribution is 0.0599. The van der Waals surface area contributed by atoms with E-state index in [1.807, 2.05) is 6.07 Å². The van der Waals surface area contributed by atoms with Gasteiger partial charge in [-0.3, -0.25) is 4.90 Å². The predicted octanol–water partition coefficient (Wildman–Crippen LogP) is 1.31. The standard InChI is InChI=1S/C19H28N2O4S/c22-16-6-9-20(13-16)14-17-12-19(15-25-17)7-10-21(11-8-19)26(23,24)18-4-2-1-3-5-18/h1-5,16-17,22H,6-15H2/t16-,17+/m1/s1. The van der Waals surface area contributed by atoms with Crippen LogP contribution in [0.4, 0.5) is 0 Å². The molecule has 1 aromatic rings. The van der Waals surface area contributed by atoms with Gasteiger partial charge in [-0.1, -0.05) is 18.2 Å². The van der Waals surface area contributed by atoms with Crippen LogP contribution >= 0.6 is 0 Å². The summed E-state index contributed by atoms with van der Waals surface area (Å²) in [6.07, 6.45) is 3.58. The summed E-state index contributed by atoms with van der Waals surface area (Å²) in [5.41, 5.74) is 0.117. The molecule has 0 amide bonds. The normalized spacial score (nSPS) is 30.2. The molecule has 0 radical (unpaired) electrons. The first-order valence-electron chi connectivity index (χ1n) is 9.54.